The van der Waals surface area contributed by atoms with Crippen molar-refractivity contribution in [1.82, 2.24) is 4.31 Å². The molecule has 0 aliphatic heterocycles. The molecule has 0 aliphatic carbocycles. The second-order valence-electron chi connectivity index (χ2n) is 4.24. The number of esters is 1. The van der Waals surface area contributed by atoms with Crippen LogP contribution in [-0.2, 0) is 19.6 Å². The van der Waals surface area contributed by atoms with Gasteiger partial charge in [0.1, 0.15) is 28.5 Å². The average molecular weight is 319 g/mol. The smallest absolute Gasteiger partial charge is 0.342 e. The SMILES string of the molecule is CCN(CC(=O)O)S(=O)(=O)c1c(C)oc(C)c1C(=O)OC. The van der Waals surface area contributed by atoms with Crippen LogP contribution >= 0.6 is 0 Å². The lowest BCUT2D eigenvalue weighted by molar-refractivity contribution is -0.137. The molecular formula is C12H17NO7S. The van der Waals surface area contributed by atoms with Crippen LogP contribution in [0.4, 0.5) is 0 Å². The van der Waals surface area contributed by atoms with Crippen molar-refractivity contribution in [2.75, 3.05) is 20.2 Å². The number of rotatable bonds is 6. The fourth-order valence-electron chi connectivity index (χ4n) is 1.96. The number of ether oxygens (including phenoxy) is 1. The number of aliphatic carboxylic acids is 1. The molecule has 8 nitrogen and oxygen atoms in total. The minimum absolute atomic E-state index is 0.0109. The van der Waals surface area contributed by atoms with Gasteiger partial charge in [0.15, 0.2) is 0 Å². The van der Waals surface area contributed by atoms with Gasteiger partial charge in [0, 0.05) is 6.54 Å². The molecule has 0 aromatic carbocycles. The van der Waals surface area contributed by atoms with Gasteiger partial charge >= 0.3 is 11.9 Å². The maximum absolute atomic E-state index is 12.6. The van der Waals surface area contributed by atoms with Crippen LogP contribution in [0.25, 0.3) is 0 Å². The predicted molar refractivity (Wildman–Crippen MR) is 71.6 cm³/mol. The van der Waals surface area contributed by atoms with Crippen molar-refractivity contribution in [1.29, 1.82) is 0 Å². The Morgan fingerprint density at radius 2 is 1.86 bits per heavy atom. The van der Waals surface area contributed by atoms with Gasteiger partial charge < -0.3 is 14.3 Å². The van der Waals surface area contributed by atoms with Gasteiger partial charge in [-0.15, -0.1) is 0 Å². The van der Waals surface area contributed by atoms with Gasteiger partial charge in [0.05, 0.1) is 7.11 Å². The molecule has 0 radical (unpaired) electrons. The summed E-state index contributed by atoms with van der Waals surface area (Å²) in [5.74, 6) is -2.03. The Hall–Kier alpha value is -1.87. The summed E-state index contributed by atoms with van der Waals surface area (Å²) >= 11 is 0. The molecule has 1 rings (SSSR count). The molecule has 21 heavy (non-hydrogen) atoms. The van der Waals surface area contributed by atoms with E-state index >= 15 is 0 Å². The highest BCUT2D eigenvalue weighted by atomic mass is 32.2. The summed E-state index contributed by atoms with van der Waals surface area (Å²) in [5.41, 5.74) is -0.209. The number of nitrogens with zero attached hydrogens (tertiary/aromatic N) is 1. The van der Waals surface area contributed by atoms with E-state index in [2.05, 4.69) is 4.74 Å². The number of carboxylic acid groups (broad SMARTS) is 1. The number of carbonyl (C=O) groups is 2. The van der Waals surface area contributed by atoms with Crippen LogP contribution in [0.3, 0.4) is 0 Å². The highest BCUT2D eigenvalue weighted by molar-refractivity contribution is 7.89. The summed E-state index contributed by atoms with van der Waals surface area (Å²) < 4.78 is 35.7. The van der Waals surface area contributed by atoms with Crippen LogP contribution in [0.1, 0.15) is 28.8 Å². The first-order chi connectivity index (χ1) is 9.66. The standard InChI is InChI=1S/C12H17NO7S/c1-5-13(6-9(14)15)21(17,18)11-8(3)20-7(2)10(11)12(16)19-4/h5-6H2,1-4H3,(H,14,15). The fraction of sp³-hybridized carbons (Fsp3) is 0.500. The van der Waals surface area contributed by atoms with E-state index in [-0.39, 0.29) is 28.5 Å². The Bertz CT molecular complexity index is 659. The zero-order valence-electron chi connectivity index (χ0n) is 12.2. The van der Waals surface area contributed by atoms with Crippen LogP contribution in [-0.4, -0.2) is 50.0 Å². The molecule has 9 heteroatoms. The molecule has 0 saturated carbocycles. The van der Waals surface area contributed by atoms with Crippen molar-refractivity contribution in [2.45, 2.75) is 25.7 Å². The van der Waals surface area contributed by atoms with Crippen LogP contribution in [0, 0.1) is 13.8 Å². The molecule has 1 aromatic heterocycles. The van der Waals surface area contributed by atoms with Crippen LogP contribution in [0.2, 0.25) is 0 Å². The molecule has 1 N–H and O–H groups in total. The predicted octanol–water partition coefficient (Wildman–Crippen LogP) is 0.778. The lowest BCUT2D eigenvalue weighted by atomic mass is 10.2. The molecule has 0 amide bonds. The van der Waals surface area contributed by atoms with Crippen molar-refractivity contribution in [3.8, 4) is 0 Å². The Kier molecular flexibility index (Phi) is 5.13. The quantitative estimate of drug-likeness (QED) is 0.770. The third kappa shape index (κ3) is 3.24. The average Bonchev–Trinajstić information content (AvgIpc) is 2.69. The zero-order valence-corrected chi connectivity index (χ0v) is 13.0. The summed E-state index contributed by atoms with van der Waals surface area (Å²) in [6.07, 6.45) is 0. The summed E-state index contributed by atoms with van der Waals surface area (Å²) in [6.45, 7) is 3.56. The normalized spacial score (nSPS) is 11.7. The first-order valence-corrected chi connectivity index (χ1v) is 7.51. The van der Waals surface area contributed by atoms with E-state index in [0.29, 0.717) is 0 Å². The maximum Gasteiger partial charge on any atom is 0.342 e. The number of sulfonamides is 1. The second-order valence-corrected chi connectivity index (χ2v) is 6.11. The van der Waals surface area contributed by atoms with Gasteiger partial charge in [-0.2, -0.15) is 4.31 Å². The number of likely N-dealkylation sites (N-methyl/N-ethyl adjacent to an activating group) is 1. The second kappa shape index (κ2) is 6.27. The molecule has 0 spiro atoms. The van der Waals surface area contributed by atoms with E-state index in [1.165, 1.54) is 20.8 Å². The van der Waals surface area contributed by atoms with Gasteiger partial charge in [0.25, 0.3) is 0 Å². The molecule has 0 fully saturated rings. The molecule has 118 valence electrons. The monoisotopic (exact) mass is 319 g/mol. The molecule has 0 aliphatic rings. The van der Waals surface area contributed by atoms with E-state index in [4.69, 9.17) is 9.52 Å². The number of methoxy groups -OCH3 is 1. The van der Waals surface area contributed by atoms with Crippen molar-refractivity contribution >= 4 is 22.0 Å². The highest BCUT2D eigenvalue weighted by Gasteiger charge is 2.35. The number of hydrogen-bond donors (Lipinski definition) is 1. The van der Waals surface area contributed by atoms with Gasteiger partial charge in [-0.3, -0.25) is 4.79 Å². The first kappa shape index (κ1) is 17.2. The van der Waals surface area contributed by atoms with Crippen LogP contribution in [0.15, 0.2) is 9.31 Å². The number of aryl methyl sites for hydroxylation is 2. The van der Waals surface area contributed by atoms with E-state index in [9.17, 15) is 18.0 Å². The summed E-state index contributed by atoms with van der Waals surface area (Å²) in [4.78, 5) is 22.2. The maximum atomic E-state index is 12.6. The summed E-state index contributed by atoms with van der Waals surface area (Å²) in [5, 5.41) is 8.80. The lowest BCUT2D eigenvalue weighted by Crippen LogP contribution is -2.36. The van der Waals surface area contributed by atoms with Gasteiger partial charge in [-0.1, -0.05) is 6.92 Å². The first-order valence-electron chi connectivity index (χ1n) is 6.07. The number of carboxylic acids is 1. The van der Waals surface area contributed by atoms with Crippen molar-refractivity contribution < 1.29 is 32.3 Å². The third-order valence-corrected chi connectivity index (χ3v) is 4.93. The number of furan rings is 1. The minimum Gasteiger partial charge on any atom is -0.480 e. The molecule has 0 unspecified atom stereocenters. The molecule has 0 bridgehead atoms. The van der Waals surface area contributed by atoms with Crippen LogP contribution in [0.5, 0.6) is 0 Å². The van der Waals surface area contributed by atoms with Gasteiger partial charge in [0.2, 0.25) is 10.0 Å². The summed E-state index contributed by atoms with van der Waals surface area (Å²) in [7, 11) is -3.06. The Labute approximate surface area is 122 Å². The van der Waals surface area contributed by atoms with Crippen molar-refractivity contribution in [3.05, 3.63) is 17.1 Å². The molecular weight excluding hydrogens is 302 g/mol. The fourth-order valence-corrected chi connectivity index (χ4v) is 3.73. The largest absolute Gasteiger partial charge is 0.480 e. The van der Waals surface area contributed by atoms with E-state index < -0.39 is 28.5 Å². The zero-order chi connectivity index (χ0) is 16.4. The van der Waals surface area contributed by atoms with Gasteiger partial charge in [-0.25, -0.2) is 13.2 Å². The summed E-state index contributed by atoms with van der Waals surface area (Å²) in [6, 6.07) is 0. The number of carbonyl (C=O) groups excluding carboxylic acids is 1. The minimum atomic E-state index is -4.18. The van der Waals surface area contributed by atoms with Crippen molar-refractivity contribution in [3.63, 3.8) is 0 Å². The van der Waals surface area contributed by atoms with Gasteiger partial charge in [-0.05, 0) is 13.8 Å². The molecule has 0 saturated heterocycles. The topological polar surface area (TPSA) is 114 Å². The lowest BCUT2D eigenvalue weighted by Gasteiger charge is -2.18. The number of hydrogen-bond acceptors (Lipinski definition) is 6. The Balaban J connectivity index is 3.50. The van der Waals surface area contributed by atoms with E-state index in [1.807, 2.05) is 0 Å². The molecule has 0 atom stereocenters. The Morgan fingerprint density at radius 1 is 1.29 bits per heavy atom. The van der Waals surface area contributed by atoms with E-state index in [0.717, 1.165) is 11.4 Å². The van der Waals surface area contributed by atoms with E-state index in [1.54, 1.807) is 0 Å². The molecule has 1 heterocycles. The Morgan fingerprint density at radius 3 is 2.29 bits per heavy atom. The third-order valence-electron chi connectivity index (χ3n) is 2.86. The highest BCUT2D eigenvalue weighted by Crippen LogP contribution is 2.29. The van der Waals surface area contributed by atoms with Crippen LogP contribution < -0.4 is 0 Å². The molecule has 1 aromatic rings. The van der Waals surface area contributed by atoms with Crippen molar-refractivity contribution in [2.24, 2.45) is 0 Å².